The van der Waals surface area contributed by atoms with E-state index >= 15 is 0 Å². The topological polar surface area (TPSA) is 38.0 Å². The molecule has 0 aromatic heterocycles. The van der Waals surface area contributed by atoms with Crippen molar-refractivity contribution >= 4 is 5.69 Å². The highest BCUT2D eigenvalue weighted by atomic mass is 15.0. The highest BCUT2D eigenvalue weighted by Crippen LogP contribution is 2.35. The van der Waals surface area contributed by atoms with Gasteiger partial charge in [0.2, 0.25) is 0 Å². The molecular formula is C17H26N2. The zero-order valence-electron chi connectivity index (χ0n) is 12.0. The van der Waals surface area contributed by atoms with Gasteiger partial charge in [0.05, 0.1) is 0 Å². The molecule has 2 aliphatic rings. The van der Waals surface area contributed by atoms with Crippen LogP contribution in [0.3, 0.4) is 0 Å². The summed E-state index contributed by atoms with van der Waals surface area (Å²) in [6.07, 6.45) is 9.34. The number of anilines is 1. The number of nitrogens with one attached hydrogen (secondary N) is 1. The molecule has 19 heavy (non-hydrogen) atoms. The van der Waals surface area contributed by atoms with Crippen molar-refractivity contribution in [2.24, 2.45) is 5.92 Å². The minimum absolute atomic E-state index is 0.566. The summed E-state index contributed by atoms with van der Waals surface area (Å²) >= 11 is 0. The summed E-state index contributed by atoms with van der Waals surface area (Å²) in [6.45, 7) is 2.33. The third-order valence-corrected chi connectivity index (χ3v) is 5.04. The van der Waals surface area contributed by atoms with Crippen molar-refractivity contribution in [3.05, 3.63) is 29.3 Å². The van der Waals surface area contributed by atoms with Crippen molar-refractivity contribution in [3.63, 3.8) is 0 Å². The van der Waals surface area contributed by atoms with Gasteiger partial charge in [-0.05, 0) is 54.9 Å². The lowest BCUT2D eigenvalue weighted by molar-refractivity contribution is 0.261. The maximum Gasteiger partial charge on any atom is 0.0328 e. The molecule has 2 nitrogen and oxygen atoms in total. The molecule has 3 N–H and O–H groups in total. The minimum atomic E-state index is 0.566. The largest absolute Gasteiger partial charge is 0.399 e. The molecule has 0 spiro atoms. The molecule has 0 bridgehead atoms. The Kier molecular flexibility index (Phi) is 3.79. The quantitative estimate of drug-likeness (QED) is 0.809. The SMILES string of the molecule is CCC1CCCC(NC2CCc3cc(N)ccc32)C1. The standard InChI is InChI=1S/C17H26N2/c1-2-12-4-3-5-15(10-12)19-17-9-6-13-11-14(18)7-8-16(13)17/h7-8,11-12,15,17,19H,2-6,9-10,18H2,1H3. The zero-order chi connectivity index (χ0) is 13.2. The molecule has 1 fully saturated rings. The van der Waals surface area contributed by atoms with Gasteiger partial charge in [-0.2, -0.15) is 0 Å². The summed E-state index contributed by atoms with van der Waals surface area (Å²) in [5, 5.41) is 3.92. The Labute approximate surface area is 116 Å². The van der Waals surface area contributed by atoms with Crippen LogP contribution in [-0.2, 0) is 6.42 Å². The lowest BCUT2D eigenvalue weighted by atomic mass is 9.84. The fourth-order valence-corrected chi connectivity index (χ4v) is 3.91. The predicted octanol–water partition coefficient (Wildman–Crippen LogP) is 3.81. The predicted molar refractivity (Wildman–Crippen MR) is 81.1 cm³/mol. The van der Waals surface area contributed by atoms with Gasteiger partial charge in [0.15, 0.2) is 0 Å². The van der Waals surface area contributed by atoms with Crippen LogP contribution in [0.2, 0.25) is 0 Å². The van der Waals surface area contributed by atoms with Crippen LogP contribution in [0, 0.1) is 5.92 Å². The second kappa shape index (κ2) is 5.54. The van der Waals surface area contributed by atoms with Gasteiger partial charge >= 0.3 is 0 Å². The molecule has 104 valence electrons. The molecule has 3 rings (SSSR count). The Morgan fingerprint density at radius 1 is 1.26 bits per heavy atom. The molecule has 1 aromatic rings. The van der Waals surface area contributed by atoms with Crippen molar-refractivity contribution in [2.75, 3.05) is 5.73 Å². The summed E-state index contributed by atoms with van der Waals surface area (Å²) in [4.78, 5) is 0. The average Bonchev–Trinajstić information content (AvgIpc) is 2.81. The number of hydrogen-bond acceptors (Lipinski definition) is 2. The van der Waals surface area contributed by atoms with E-state index < -0.39 is 0 Å². The van der Waals surface area contributed by atoms with Gasteiger partial charge in [-0.25, -0.2) is 0 Å². The Balaban J connectivity index is 1.66. The van der Waals surface area contributed by atoms with Crippen LogP contribution in [0.1, 0.15) is 62.6 Å². The van der Waals surface area contributed by atoms with E-state index in [1.165, 1.54) is 56.1 Å². The van der Waals surface area contributed by atoms with Crippen molar-refractivity contribution < 1.29 is 0 Å². The minimum Gasteiger partial charge on any atom is -0.399 e. The van der Waals surface area contributed by atoms with Gasteiger partial charge in [0.1, 0.15) is 0 Å². The highest BCUT2D eigenvalue weighted by molar-refractivity contribution is 5.47. The van der Waals surface area contributed by atoms with Crippen LogP contribution in [0.4, 0.5) is 5.69 Å². The normalized spacial score (nSPS) is 30.3. The molecule has 0 heterocycles. The number of benzene rings is 1. The number of hydrogen-bond donors (Lipinski definition) is 2. The number of aryl methyl sites for hydroxylation is 1. The lowest BCUT2D eigenvalue weighted by Crippen LogP contribution is -2.36. The van der Waals surface area contributed by atoms with Crippen LogP contribution in [0.25, 0.3) is 0 Å². The zero-order valence-corrected chi connectivity index (χ0v) is 12.0. The van der Waals surface area contributed by atoms with Gasteiger partial charge in [-0.1, -0.05) is 32.3 Å². The van der Waals surface area contributed by atoms with Crippen molar-refractivity contribution in [1.82, 2.24) is 5.32 Å². The molecule has 0 saturated heterocycles. The summed E-state index contributed by atoms with van der Waals surface area (Å²) in [7, 11) is 0. The Bertz CT molecular complexity index is 441. The van der Waals surface area contributed by atoms with Crippen LogP contribution >= 0.6 is 0 Å². The lowest BCUT2D eigenvalue weighted by Gasteiger charge is -2.31. The first-order valence-corrected chi connectivity index (χ1v) is 7.90. The third kappa shape index (κ3) is 2.79. The van der Waals surface area contributed by atoms with Crippen LogP contribution in [0.5, 0.6) is 0 Å². The molecule has 2 aliphatic carbocycles. The van der Waals surface area contributed by atoms with E-state index in [4.69, 9.17) is 5.73 Å². The number of nitrogens with two attached hydrogens (primary N) is 1. The van der Waals surface area contributed by atoms with Gasteiger partial charge in [0, 0.05) is 17.8 Å². The summed E-state index contributed by atoms with van der Waals surface area (Å²) < 4.78 is 0. The van der Waals surface area contributed by atoms with E-state index in [9.17, 15) is 0 Å². The third-order valence-electron chi connectivity index (χ3n) is 5.04. The molecule has 0 radical (unpaired) electrons. The van der Waals surface area contributed by atoms with E-state index in [0.29, 0.717) is 6.04 Å². The first-order chi connectivity index (χ1) is 9.26. The van der Waals surface area contributed by atoms with E-state index in [0.717, 1.165) is 17.6 Å². The molecule has 3 unspecified atom stereocenters. The Hall–Kier alpha value is -1.02. The number of rotatable bonds is 3. The molecule has 1 saturated carbocycles. The highest BCUT2D eigenvalue weighted by Gasteiger charge is 2.27. The van der Waals surface area contributed by atoms with Gasteiger partial charge < -0.3 is 11.1 Å². The second-order valence-corrected chi connectivity index (χ2v) is 6.35. The maximum atomic E-state index is 5.88. The smallest absolute Gasteiger partial charge is 0.0328 e. The molecule has 2 heteroatoms. The first kappa shape index (κ1) is 13.0. The van der Waals surface area contributed by atoms with Crippen molar-refractivity contribution in [2.45, 2.75) is 64.0 Å². The van der Waals surface area contributed by atoms with E-state index in [-0.39, 0.29) is 0 Å². The number of nitrogen functional groups attached to an aromatic ring is 1. The van der Waals surface area contributed by atoms with Gasteiger partial charge in [-0.15, -0.1) is 0 Å². The Morgan fingerprint density at radius 2 is 2.16 bits per heavy atom. The van der Waals surface area contributed by atoms with E-state index in [2.05, 4.69) is 30.4 Å². The molecule has 0 aliphatic heterocycles. The molecule has 1 aromatic carbocycles. The summed E-state index contributed by atoms with van der Waals surface area (Å²) in [6, 6.07) is 7.74. The number of fused-ring (bicyclic) bond motifs is 1. The van der Waals surface area contributed by atoms with E-state index in [1.807, 2.05) is 0 Å². The fourth-order valence-electron chi connectivity index (χ4n) is 3.91. The monoisotopic (exact) mass is 258 g/mol. The second-order valence-electron chi connectivity index (χ2n) is 6.35. The molecular weight excluding hydrogens is 232 g/mol. The first-order valence-electron chi connectivity index (χ1n) is 7.90. The van der Waals surface area contributed by atoms with Crippen molar-refractivity contribution in [1.29, 1.82) is 0 Å². The van der Waals surface area contributed by atoms with Crippen LogP contribution in [0.15, 0.2) is 18.2 Å². The van der Waals surface area contributed by atoms with E-state index in [1.54, 1.807) is 0 Å². The van der Waals surface area contributed by atoms with Crippen LogP contribution < -0.4 is 11.1 Å². The van der Waals surface area contributed by atoms with Crippen LogP contribution in [-0.4, -0.2) is 6.04 Å². The molecule has 3 atom stereocenters. The average molecular weight is 258 g/mol. The Morgan fingerprint density at radius 3 is 3.00 bits per heavy atom. The maximum absolute atomic E-state index is 5.88. The summed E-state index contributed by atoms with van der Waals surface area (Å²) in [5.74, 6) is 0.943. The molecule has 0 amide bonds. The van der Waals surface area contributed by atoms with Gasteiger partial charge in [0.25, 0.3) is 0 Å². The fraction of sp³-hybridized carbons (Fsp3) is 0.647. The summed E-state index contributed by atoms with van der Waals surface area (Å²) in [5.41, 5.74) is 9.73. The van der Waals surface area contributed by atoms with Crippen molar-refractivity contribution in [3.8, 4) is 0 Å². The van der Waals surface area contributed by atoms with Gasteiger partial charge in [-0.3, -0.25) is 0 Å².